The maximum atomic E-state index is 9.07. The quantitative estimate of drug-likeness (QED) is 0.799. The normalized spacial score (nSPS) is 13.8. The van der Waals surface area contributed by atoms with Gasteiger partial charge in [-0.05, 0) is 19.9 Å². The highest BCUT2D eigenvalue weighted by Crippen LogP contribution is 2.10. The molecule has 0 aromatic carbocycles. The minimum atomic E-state index is -0.550. The van der Waals surface area contributed by atoms with Gasteiger partial charge in [-0.1, -0.05) is 6.92 Å². The second-order valence-electron chi connectivity index (χ2n) is 3.78. The van der Waals surface area contributed by atoms with Crippen molar-refractivity contribution in [2.24, 2.45) is 0 Å². The van der Waals surface area contributed by atoms with Gasteiger partial charge in [-0.2, -0.15) is 10.5 Å². The SMILES string of the molecule is CCNC(C)(C#N)CCn1ccnc1C#N. The van der Waals surface area contributed by atoms with E-state index in [1.165, 1.54) is 0 Å². The molecule has 0 saturated heterocycles. The zero-order valence-corrected chi connectivity index (χ0v) is 9.56. The van der Waals surface area contributed by atoms with Crippen LogP contribution in [0, 0.1) is 22.7 Å². The smallest absolute Gasteiger partial charge is 0.212 e. The van der Waals surface area contributed by atoms with Crippen LogP contribution in [0.4, 0.5) is 0 Å². The summed E-state index contributed by atoms with van der Waals surface area (Å²) in [6, 6.07) is 4.26. The summed E-state index contributed by atoms with van der Waals surface area (Å²) in [4.78, 5) is 3.91. The molecular formula is C11H15N5. The second-order valence-corrected chi connectivity index (χ2v) is 3.78. The second kappa shape index (κ2) is 5.29. The molecule has 0 spiro atoms. The van der Waals surface area contributed by atoms with Crippen molar-refractivity contribution in [1.82, 2.24) is 14.9 Å². The van der Waals surface area contributed by atoms with Gasteiger partial charge in [0.2, 0.25) is 5.82 Å². The largest absolute Gasteiger partial charge is 0.323 e. The van der Waals surface area contributed by atoms with Gasteiger partial charge in [0, 0.05) is 18.9 Å². The van der Waals surface area contributed by atoms with E-state index in [0.29, 0.717) is 18.8 Å². The van der Waals surface area contributed by atoms with E-state index in [-0.39, 0.29) is 0 Å². The van der Waals surface area contributed by atoms with Crippen molar-refractivity contribution in [1.29, 1.82) is 10.5 Å². The molecule has 5 nitrogen and oxygen atoms in total. The first kappa shape index (κ1) is 12.2. The summed E-state index contributed by atoms with van der Waals surface area (Å²) in [7, 11) is 0. The lowest BCUT2D eigenvalue weighted by molar-refractivity contribution is 0.400. The molecule has 0 aliphatic rings. The van der Waals surface area contributed by atoms with Crippen LogP contribution in [0.25, 0.3) is 0 Å². The van der Waals surface area contributed by atoms with Gasteiger partial charge in [0.25, 0.3) is 0 Å². The number of nitriles is 2. The molecule has 1 unspecified atom stereocenters. The maximum absolute atomic E-state index is 9.07. The fourth-order valence-electron chi connectivity index (χ4n) is 1.52. The lowest BCUT2D eigenvalue weighted by Crippen LogP contribution is -2.41. The van der Waals surface area contributed by atoms with Crippen molar-refractivity contribution in [3.63, 3.8) is 0 Å². The number of aromatic nitrogens is 2. The Labute approximate surface area is 95.3 Å². The first-order valence-corrected chi connectivity index (χ1v) is 5.22. The van der Waals surface area contributed by atoms with E-state index in [2.05, 4.69) is 16.4 Å². The van der Waals surface area contributed by atoms with Crippen LogP contribution in [0.15, 0.2) is 12.4 Å². The first-order chi connectivity index (χ1) is 7.65. The minimum absolute atomic E-state index is 0.386. The van der Waals surface area contributed by atoms with Gasteiger partial charge < -0.3 is 4.57 Å². The van der Waals surface area contributed by atoms with Crippen molar-refractivity contribution in [2.45, 2.75) is 32.4 Å². The van der Waals surface area contributed by atoms with Crippen LogP contribution in [-0.2, 0) is 6.54 Å². The highest BCUT2D eigenvalue weighted by atomic mass is 15.1. The molecule has 0 aliphatic heterocycles. The lowest BCUT2D eigenvalue weighted by atomic mass is 10.00. The molecule has 1 N–H and O–H groups in total. The number of nitrogens with one attached hydrogen (secondary N) is 1. The summed E-state index contributed by atoms with van der Waals surface area (Å²) >= 11 is 0. The van der Waals surface area contributed by atoms with E-state index in [9.17, 15) is 0 Å². The minimum Gasteiger partial charge on any atom is -0.323 e. The van der Waals surface area contributed by atoms with E-state index in [1.54, 1.807) is 17.0 Å². The van der Waals surface area contributed by atoms with Gasteiger partial charge in [-0.25, -0.2) is 4.98 Å². The van der Waals surface area contributed by atoms with Gasteiger partial charge in [-0.3, -0.25) is 5.32 Å². The molecule has 5 heteroatoms. The van der Waals surface area contributed by atoms with Gasteiger partial charge >= 0.3 is 0 Å². The molecule has 1 heterocycles. The summed E-state index contributed by atoms with van der Waals surface area (Å²) in [6.07, 6.45) is 3.99. The third-order valence-corrected chi connectivity index (χ3v) is 2.48. The van der Waals surface area contributed by atoms with Crippen molar-refractivity contribution < 1.29 is 0 Å². The lowest BCUT2D eigenvalue weighted by Gasteiger charge is -2.22. The Kier molecular flexibility index (Phi) is 4.04. The molecule has 84 valence electrons. The topological polar surface area (TPSA) is 77.4 Å². The zero-order valence-electron chi connectivity index (χ0n) is 9.56. The van der Waals surface area contributed by atoms with Gasteiger partial charge in [0.05, 0.1) is 6.07 Å². The van der Waals surface area contributed by atoms with Crippen molar-refractivity contribution in [3.8, 4) is 12.1 Å². The van der Waals surface area contributed by atoms with Crippen LogP contribution >= 0.6 is 0 Å². The zero-order chi connectivity index (χ0) is 12.0. The summed E-state index contributed by atoms with van der Waals surface area (Å²) in [6.45, 7) is 5.19. The Morgan fingerprint density at radius 1 is 1.56 bits per heavy atom. The van der Waals surface area contributed by atoms with Crippen LogP contribution in [0.2, 0.25) is 0 Å². The Morgan fingerprint density at radius 3 is 2.88 bits per heavy atom. The molecule has 0 bridgehead atoms. The summed E-state index contributed by atoms with van der Waals surface area (Å²) in [5, 5.41) is 21.0. The number of nitrogens with zero attached hydrogens (tertiary/aromatic N) is 4. The summed E-state index contributed by atoms with van der Waals surface area (Å²) < 4.78 is 1.76. The van der Waals surface area contributed by atoms with Crippen molar-refractivity contribution in [3.05, 3.63) is 18.2 Å². The Morgan fingerprint density at radius 2 is 2.31 bits per heavy atom. The number of hydrogen-bond donors (Lipinski definition) is 1. The number of hydrogen-bond acceptors (Lipinski definition) is 4. The molecule has 1 rings (SSSR count). The average Bonchev–Trinajstić information content (AvgIpc) is 2.74. The molecule has 0 radical (unpaired) electrons. The fourth-order valence-corrected chi connectivity index (χ4v) is 1.52. The van der Waals surface area contributed by atoms with E-state index in [0.717, 1.165) is 6.54 Å². The molecule has 1 atom stereocenters. The predicted octanol–water partition coefficient (Wildman–Crippen LogP) is 1.04. The first-order valence-electron chi connectivity index (χ1n) is 5.22. The molecule has 16 heavy (non-hydrogen) atoms. The monoisotopic (exact) mass is 217 g/mol. The van der Waals surface area contributed by atoms with Crippen molar-refractivity contribution >= 4 is 0 Å². The van der Waals surface area contributed by atoms with Gasteiger partial charge in [0.1, 0.15) is 11.6 Å². The molecular weight excluding hydrogens is 202 g/mol. The Bertz CT molecular complexity index is 422. The van der Waals surface area contributed by atoms with E-state index < -0.39 is 5.54 Å². The third kappa shape index (κ3) is 2.82. The maximum Gasteiger partial charge on any atom is 0.212 e. The summed E-state index contributed by atoms with van der Waals surface area (Å²) in [5.74, 6) is 0.386. The van der Waals surface area contributed by atoms with Gasteiger partial charge in [-0.15, -0.1) is 0 Å². The van der Waals surface area contributed by atoms with Crippen molar-refractivity contribution in [2.75, 3.05) is 6.54 Å². The molecule has 1 aromatic heterocycles. The Balaban J connectivity index is 2.64. The van der Waals surface area contributed by atoms with Crippen LogP contribution < -0.4 is 5.32 Å². The Hall–Kier alpha value is -1.85. The van der Waals surface area contributed by atoms with Crippen LogP contribution in [0.5, 0.6) is 0 Å². The van der Waals surface area contributed by atoms with Crippen LogP contribution in [0.1, 0.15) is 26.1 Å². The van der Waals surface area contributed by atoms with E-state index in [1.807, 2.05) is 19.9 Å². The predicted molar refractivity (Wildman–Crippen MR) is 59.3 cm³/mol. The average molecular weight is 217 g/mol. The highest BCUT2D eigenvalue weighted by Gasteiger charge is 2.22. The molecule has 0 saturated carbocycles. The van der Waals surface area contributed by atoms with E-state index >= 15 is 0 Å². The molecule has 0 fully saturated rings. The molecule has 0 amide bonds. The van der Waals surface area contributed by atoms with E-state index in [4.69, 9.17) is 10.5 Å². The summed E-state index contributed by atoms with van der Waals surface area (Å²) in [5.41, 5.74) is -0.550. The molecule has 0 aliphatic carbocycles. The molecule has 1 aromatic rings. The third-order valence-electron chi connectivity index (χ3n) is 2.48. The van der Waals surface area contributed by atoms with Gasteiger partial charge in [0.15, 0.2) is 0 Å². The van der Waals surface area contributed by atoms with Crippen LogP contribution in [0.3, 0.4) is 0 Å². The highest BCUT2D eigenvalue weighted by molar-refractivity contribution is 5.12. The number of rotatable bonds is 5. The van der Waals surface area contributed by atoms with Crippen LogP contribution in [-0.4, -0.2) is 21.6 Å². The fraction of sp³-hybridized carbons (Fsp3) is 0.545. The number of imidazole rings is 1. The standard InChI is InChI=1S/C11H15N5/c1-3-15-11(2,9-13)4-6-16-7-5-14-10(16)8-12/h5,7,15H,3-4,6H2,1-2H3. The number of aryl methyl sites for hydroxylation is 1.